The van der Waals surface area contributed by atoms with Gasteiger partial charge in [0.25, 0.3) is 5.91 Å². The normalized spacial score (nSPS) is 11.2. The molecule has 0 atom stereocenters. The van der Waals surface area contributed by atoms with Crippen LogP contribution in [0, 0.1) is 0 Å². The summed E-state index contributed by atoms with van der Waals surface area (Å²) in [4.78, 5) is 15.4. The van der Waals surface area contributed by atoms with Crippen LogP contribution in [-0.4, -0.2) is 20.5 Å². The van der Waals surface area contributed by atoms with Crippen molar-refractivity contribution in [3.05, 3.63) is 71.1 Å². The fourth-order valence-electron chi connectivity index (χ4n) is 2.62. The van der Waals surface area contributed by atoms with Gasteiger partial charge in [-0.25, -0.2) is 4.52 Å². The lowest BCUT2D eigenvalue weighted by Crippen LogP contribution is -2.22. The predicted molar refractivity (Wildman–Crippen MR) is 89.7 cm³/mol. The Morgan fingerprint density at radius 3 is 3.09 bits per heavy atom. The van der Waals surface area contributed by atoms with Gasteiger partial charge >= 0.3 is 0 Å². The van der Waals surface area contributed by atoms with Gasteiger partial charge in [-0.2, -0.15) is 5.10 Å². The largest absolute Gasteiger partial charge is 0.350 e. The lowest BCUT2D eigenvalue weighted by Gasteiger charge is -2.02. The average molecular weight is 325 g/mol. The monoisotopic (exact) mass is 324 g/mol. The van der Waals surface area contributed by atoms with Crippen LogP contribution in [-0.2, 0) is 6.54 Å². The molecule has 6 heteroatoms. The molecule has 0 saturated heterocycles. The Hall–Kier alpha value is -2.79. The zero-order valence-corrected chi connectivity index (χ0v) is 12.8. The fraction of sp³-hybridized carbons (Fsp3) is 0.0588. The van der Waals surface area contributed by atoms with E-state index in [9.17, 15) is 4.79 Å². The van der Waals surface area contributed by atoms with Gasteiger partial charge in [-0.1, -0.05) is 23.7 Å². The second-order valence-electron chi connectivity index (χ2n) is 5.30. The second-order valence-corrected chi connectivity index (χ2v) is 5.73. The number of pyridine rings is 1. The van der Waals surface area contributed by atoms with E-state index in [1.807, 2.05) is 36.5 Å². The molecule has 2 N–H and O–H groups in total. The molecule has 0 aliphatic heterocycles. The maximum atomic E-state index is 12.3. The molecular formula is C17H13ClN4O. The van der Waals surface area contributed by atoms with Crippen molar-refractivity contribution >= 4 is 33.9 Å². The number of nitrogens with zero attached hydrogens (tertiary/aromatic N) is 2. The van der Waals surface area contributed by atoms with Crippen LogP contribution in [0.1, 0.15) is 16.1 Å². The van der Waals surface area contributed by atoms with E-state index >= 15 is 0 Å². The van der Waals surface area contributed by atoms with Crippen LogP contribution in [0.25, 0.3) is 16.4 Å². The third-order valence-corrected chi connectivity index (χ3v) is 4.01. The van der Waals surface area contributed by atoms with Gasteiger partial charge in [0.2, 0.25) is 0 Å². The number of rotatable bonds is 3. The maximum absolute atomic E-state index is 12.3. The van der Waals surface area contributed by atoms with Crippen molar-refractivity contribution in [2.24, 2.45) is 0 Å². The van der Waals surface area contributed by atoms with E-state index in [1.165, 1.54) is 0 Å². The summed E-state index contributed by atoms with van der Waals surface area (Å²) in [7, 11) is 0. The molecule has 0 fully saturated rings. The van der Waals surface area contributed by atoms with Gasteiger partial charge < -0.3 is 10.3 Å². The molecule has 0 bridgehead atoms. The maximum Gasteiger partial charge on any atom is 0.267 e. The number of hydrogen-bond acceptors (Lipinski definition) is 2. The molecule has 4 aromatic rings. The minimum atomic E-state index is -0.160. The summed E-state index contributed by atoms with van der Waals surface area (Å²) >= 11 is 5.96. The molecule has 114 valence electrons. The molecule has 3 aromatic heterocycles. The Balaban J connectivity index is 1.55. The molecule has 4 rings (SSSR count). The highest BCUT2D eigenvalue weighted by atomic mass is 35.5. The van der Waals surface area contributed by atoms with Gasteiger partial charge in [0.05, 0.1) is 11.7 Å². The Morgan fingerprint density at radius 2 is 2.17 bits per heavy atom. The quantitative estimate of drug-likeness (QED) is 0.606. The van der Waals surface area contributed by atoms with Gasteiger partial charge in [-0.15, -0.1) is 0 Å². The SMILES string of the molecule is O=C(NCc1cnn2ccccc12)c1cc2ccc(Cl)cc2[nH]1. The number of aromatic nitrogens is 3. The summed E-state index contributed by atoms with van der Waals surface area (Å²) in [6, 6.07) is 13.1. The number of aromatic amines is 1. The van der Waals surface area contributed by atoms with Crippen LogP contribution >= 0.6 is 11.6 Å². The molecule has 1 aromatic carbocycles. The first-order valence-electron chi connectivity index (χ1n) is 7.18. The summed E-state index contributed by atoms with van der Waals surface area (Å²) in [5.74, 6) is -0.160. The molecule has 1 amide bonds. The van der Waals surface area contributed by atoms with Crippen LogP contribution in [0.5, 0.6) is 0 Å². The lowest BCUT2D eigenvalue weighted by atomic mass is 10.2. The van der Waals surface area contributed by atoms with Crippen LogP contribution in [0.15, 0.2) is 54.9 Å². The molecule has 3 heterocycles. The van der Waals surface area contributed by atoms with Crippen molar-refractivity contribution in [3.8, 4) is 0 Å². The Bertz CT molecular complexity index is 1020. The summed E-state index contributed by atoms with van der Waals surface area (Å²) in [6.45, 7) is 0.419. The highest BCUT2D eigenvalue weighted by molar-refractivity contribution is 6.31. The van der Waals surface area contributed by atoms with E-state index in [4.69, 9.17) is 11.6 Å². The van der Waals surface area contributed by atoms with Crippen LogP contribution in [0.2, 0.25) is 5.02 Å². The van der Waals surface area contributed by atoms with Gasteiger partial charge in [0, 0.05) is 34.2 Å². The highest BCUT2D eigenvalue weighted by Crippen LogP contribution is 2.20. The van der Waals surface area contributed by atoms with Gasteiger partial charge in [-0.3, -0.25) is 4.79 Å². The number of H-pyrrole nitrogens is 1. The predicted octanol–water partition coefficient (Wildman–Crippen LogP) is 3.40. The average Bonchev–Trinajstić information content (AvgIpc) is 3.16. The smallest absolute Gasteiger partial charge is 0.267 e. The number of halogens is 1. The van der Waals surface area contributed by atoms with E-state index in [-0.39, 0.29) is 5.91 Å². The molecule has 0 aliphatic carbocycles. The molecular weight excluding hydrogens is 312 g/mol. The van der Waals surface area contributed by atoms with Gasteiger partial charge in [0.1, 0.15) is 5.69 Å². The first kappa shape index (κ1) is 13.8. The van der Waals surface area contributed by atoms with E-state index in [0.29, 0.717) is 17.3 Å². The van der Waals surface area contributed by atoms with Crippen molar-refractivity contribution in [3.63, 3.8) is 0 Å². The summed E-state index contributed by atoms with van der Waals surface area (Å²) in [6.07, 6.45) is 3.64. The number of nitrogens with one attached hydrogen (secondary N) is 2. The molecule has 0 saturated carbocycles. The summed E-state index contributed by atoms with van der Waals surface area (Å²) < 4.78 is 1.78. The molecule has 0 radical (unpaired) electrons. The molecule has 23 heavy (non-hydrogen) atoms. The number of hydrogen-bond donors (Lipinski definition) is 2. The van der Waals surface area contributed by atoms with Gasteiger partial charge in [0.15, 0.2) is 0 Å². The minimum Gasteiger partial charge on any atom is -0.350 e. The highest BCUT2D eigenvalue weighted by Gasteiger charge is 2.11. The van der Waals surface area contributed by atoms with Crippen molar-refractivity contribution in [1.29, 1.82) is 0 Å². The number of benzene rings is 1. The van der Waals surface area contributed by atoms with Crippen molar-refractivity contribution in [1.82, 2.24) is 19.9 Å². The van der Waals surface area contributed by atoms with Crippen LogP contribution in [0.3, 0.4) is 0 Å². The first-order chi connectivity index (χ1) is 11.2. The first-order valence-corrected chi connectivity index (χ1v) is 7.56. The van der Waals surface area contributed by atoms with Crippen LogP contribution in [0.4, 0.5) is 0 Å². The number of fused-ring (bicyclic) bond motifs is 2. The molecule has 0 unspecified atom stereocenters. The van der Waals surface area contributed by atoms with E-state index < -0.39 is 0 Å². The minimum absolute atomic E-state index is 0.160. The van der Waals surface area contributed by atoms with Crippen molar-refractivity contribution in [2.75, 3.05) is 0 Å². The third kappa shape index (κ3) is 2.55. The summed E-state index contributed by atoms with van der Waals surface area (Å²) in [5, 5.41) is 8.76. The van der Waals surface area contributed by atoms with E-state index in [0.717, 1.165) is 22.0 Å². The molecule has 0 aliphatic rings. The Labute approximate surface area is 136 Å². The second kappa shape index (κ2) is 5.44. The van der Waals surface area contributed by atoms with E-state index in [2.05, 4.69) is 15.4 Å². The number of amides is 1. The lowest BCUT2D eigenvalue weighted by molar-refractivity contribution is 0.0947. The fourth-order valence-corrected chi connectivity index (χ4v) is 2.79. The van der Waals surface area contributed by atoms with Crippen molar-refractivity contribution < 1.29 is 4.79 Å². The zero-order valence-electron chi connectivity index (χ0n) is 12.1. The summed E-state index contributed by atoms with van der Waals surface area (Å²) in [5.41, 5.74) is 3.31. The Kier molecular flexibility index (Phi) is 3.28. The van der Waals surface area contributed by atoms with Crippen molar-refractivity contribution in [2.45, 2.75) is 6.54 Å². The molecule has 5 nitrogen and oxygen atoms in total. The zero-order chi connectivity index (χ0) is 15.8. The third-order valence-electron chi connectivity index (χ3n) is 3.77. The Morgan fingerprint density at radius 1 is 1.26 bits per heavy atom. The molecule has 0 spiro atoms. The van der Waals surface area contributed by atoms with E-state index in [1.54, 1.807) is 22.8 Å². The number of carbonyl (C=O) groups excluding carboxylic acids is 1. The standard InChI is InChI=1S/C17H13ClN4O/c18-13-5-4-11-7-15(21-14(11)8-13)17(23)19-9-12-10-20-22-6-2-1-3-16(12)22/h1-8,10,21H,9H2,(H,19,23). The van der Waals surface area contributed by atoms with Crippen LogP contribution < -0.4 is 5.32 Å². The number of carbonyl (C=O) groups is 1. The van der Waals surface area contributed by atoms with Gasteiger partial charge in [-0.05, 0) is 30.3 Å². The topological polar surface area (TPSA) is 62.2 Å².